The fraction of sp³-hybridized carbons (Fsp3) is 0.250. The quantitative estimate of drug-likeness (QED) is 0.429. The van der Waals surface area contributed by atoms with E-state index < -0.39 is 33.8 Å². The van der Waals surface area contributed by atoms with Crippen molar-refractivity contribution in [3.05, 3.63) is 58.9 Å². The summed E-state index contributed by atoms with van der Waals surface area (Å²) in [4.78, 5) is 35.0. The highest BCUT2D eigenvalue weighted by atomic mass is 35.5. The summed E-state index contributed by atoms with van der Waals surface area (Å²) >= 11 is 5.58. The minimum atomic E-state index is -4.00. The van der Waals surface area contributed by atoms with Crippen LogP contribution in [0.1, 0.15) is 30.6 Å². The van der Waals surface area contributed by atoms with Crippen LogP contribution in [0.3, 0.4) is 0 Å². The standard InChI is InChI=1S/C20H20ClFN2O6S/c1-12(25)14-3-5-15(6-4-14)24-20(27)13(2)30-19(26)9-10-23-31(28,29)16-7-8-18(22)17(21)11-16/h3-8,11,13,23H,9-10H2,1-2H3,(H,24,27)/t13-/m1/s1. The van der Waals surface area contributed by atoms with E-state index in [-0.39, 0.29) is 28.7 Å². The summed E-state index contributed by atoms with van der Waals surface area (Å²) in [6.07, 6.45) is -1.47. The molecule has 8 nitrogen and oxygen atoms in total. The fourth-order valence-corrected chi connectivity index (χ4v) is 3.66. The summed E-state index contributed by atoms with van der Waals surface area (Å²) in [5.41, 5.74) is 0.909. The van der Waals surface area contributed by atoms with Crippen molar-refractivity contribution in [3.8, 4) is 0 Å². The molecule has 31 heavy (non-hydrogen) atoms. The molecule has 0 unspecified atom stereocenters. The van der Waals surface area contributed by atoms with Crippen molar-refractivity contribution in [3.63, 3.8) is 0 Å². The molecule has 2 aromatic rings. The van der Waals surface area contributed by atoms with Crippen LogP contribution in [-0.4, -0.2) is 38.7 Å². The molecule has 0 aliphatic carbocycles. The maximum Gasteiger partial charge on any atom is 0.307 e. The summed E-state index contributed by atoms with van der Waals surface area (Å²) in [6.45, 7) is 2.49. The van der Waals surface area contributed by atoms with Gasteiger partial charge < -0.3 is 10.1 Å². The predicted molar refractivity (Wildman–Crippen MR) is 112 cm³/mol. The lowest BCUT2D eigenvalue weighted by Crippen LogP contribution is -2.32. The number of benzene rings is 2. The molecule has 2 N–H and O–H groups in total. The first-order chi connectivity index (χ1) is 14.5. The molecule has 0 bridgehead atoms. The number of Topliss-reactive ketones (excluding diaryl/α,β-unsaturated/α-hetero) is 1. The summed E-state index contributed by atoms with van der Waals surface area (Å²) < 4.78 is 44.6. The Bertz CT molecular complexity index is 1090. The molecule has 0 spiro atoms. The fourth-order valence-electron chi connectivity index (χ4n) is 2.36. The highest BCUT2D eigenvalue weighted by Gasteiger charge is 2.20. The second kappa shape index (κ2) is 10.5. The van der Waals surface area contributed by atoms with Gasteiger partial charge in [-0.2, -0.15) is 0 Å². The zero-order chi connectivity index (χ0) is 23.2. The molecule has 0 aliphatic rings. The monoisotopic (exact) mass is 470 g/mol. The second-order valence-corrected chi connectivity index (χ2v) is 8.65. The molecule has 166 valence electrons. The Morgan fingerprint density at radius 2 is 1.77 bits per heavy atom. The number of ketones is 1. The number of nitrogens with one attached hydrogen (secondary N) is 2. The van der Waals surface area contributed by atoms with Gasteiger partial charge in [0.25, 0.3) is 5.91 Å². The maximum atomic E-state index is 13.2. The second-order valence-electron chi connectivity index (χ2n) is 6.48. The molecular weight excluding hydrogens is 451 g/mol. The highest BCUT2D eigenvalue weighted by Crippen LogP contribution is 2.19. The number of anilines is 1. The van der Waals surface area contributed by atoms with E-state index in [1.807, 2.05) is 0 Å². The molecule has 2 rings (SSSR count). The van der Waals surface area contributed by atoms with Crippen LogP contribution in [0.25, 0.3) is 0 Å². The molecule has 0 aliphatic heterocycles. The first kappa shape index (κ1) is 24.4. The molecule has 2 aromatic carbocycles. The van der Waals surface area contributed by atoms with Gasteiger partial charge in [-0.3, -0.25) is 14.4 Å². The van der Waals surface area contributed by atoms with E-state index in [4.69, 9.17) is 16.3 Å². The predicted octanol–water partition coefficient (Wildman–Crippen LogP) is 2.92. The Hall–Kier alpha value is -2.82. The van der Waals surface area contributed by atoms with E-state index in [1.54, 1.807) is 24.3 Å². The molecule has 0 saturated heterocycles. The SMILES string of the molecule is CC(=O)c1ccc(NC(=O)[C@@H](C)OC(=O)CCNS(=O)(=O)c2ccc(F)c(Cl)c2)cc1. The largest absolute Gasteiger partial charge is 0.452 e. The van der Waals surface area contributed by atoms with Crippen molar-refractivity contribution >= 4 is 45.0 Å². The number of ether oxygens (including phenoxy) is 1. The van der Waals surface area contributed by atoms with Gasteiger partial charge in [0.05, 0.1) is 16.3 Å². The summed E-state index contributed by atoms with van der Waals surface area (Å²) in [5.74, 6) is -2.26. The average molecular weight is 471 g/mol. The van der Waals surface area contributed by atoms with Crippen LogP contribution in [0.2, 0.25) is 5.02 Å². The average Bonchev–Trinajstić information content (AvgIpc) is 2.70. The number of amides is 1. The van der Waals surface area contributed by atoms with Crippen LogP contribution in [-0.2, 0) is 24.3 Å². The van der Waals surface area contributed by atoms with Crippen molar-refractivity contribution in [2.75, 3.05) is 11.9 Å². The van der Waals surface area contributed by atoms with Crippen molar-refractivity contribution in [2.24, 2.45) is 0 Å². The van der Waals surface area contributed by atoms with Gasteiger partial charge in [0.1, 0.15) is 5.82 Å². The minimum absolute atomic E-state index is 0.113. The minimum Gasteiger partial charge on any atom is -0.452 e. The molecule has 0 aromatic heterocycles. The number of carbonyl (C=O) groups is 3. The number of sulfonamides is 1. The van der Waals surface area contributed by atoms with Crippen LogP contribution in [0.15, 0.2) is 47.4 Å². The molecule has 11 heteroatoms. The van der Waals surface area contributed by atoms with Crippen LogP contribution in [0.5, 0.6) is 0 Å². The van der Waals surface area contributed by atoms with Gasteiger partial charge in [0, 0.05) is 17.8 Å². The first-order valence-corrected chi connectivity index (χ1v) is 10.9. The van der Waals surface area contributed by atoms with E-state index in [0.29, 0.717) is 11.3 Å². The lowest BCUT2D eigenvalue weighted by molar-refractivity contribution is -0.152. The lowest BCUT2D eigenvalue weighted by atomic mass is 10.1. The van der Waals surface area contributed by atoms with Gasteiger partial charge in [0.15, 0.2) is 11.9 Å². The van der Waals surface area contributed by atoms with Crippen molar-refractivity contribution in [2.45, 2.75) is 31.3 Å². The molecule has 1 amide bonds. The van der Waals surface area contributed by atoms with Gasteiger partial charge in [-0.25, -0.2) is 17.5 Å². The number of rotatable bonds is 9. The number of carbonyl (C=O) groups excluding carboxylic acids is 3. The highest BCUT2D eigenvalue weighted by molar-refractivity contribution is 7.89. The smallest absolute Gasteiger partial charge is 0.307 e. The van der Waals surface area contributed by atoms with Crippen LogP contribution in [0, 0.1) is 5.82 Å². The van der Waals surface area contributed by atoms with Crippen LogP contribution < -0.4 is 10.0 Å². The number of halogens is 2. The normalized spacial score (nSPS) is 12.1. The molecule has 1 atom stereocenters. The molecule has 0 heterocycles. The van der Waals surface area contributed by atoms with Crippen LogP contribution >= 0.6 is 11.6 Å². The topological polar surface area (TPSA) is 119 Å². The summed E-state index contributed by atoms with van der Waals surface area (Å²) in [5, 5.41) is 2.19. The van der Waals surface area contributed by atoms with E-state index in [2.05, 4.69) is 10.0 Å². The molecule has 0 radical (unpaired) electrons. The molecule has 0 fully saturated rings. The van der Waals surface area contributed by atoms with Gasteiger partial charge >= 0.3 is 5.97 Å². The Morgan fingerprint density at radius 1 is 1.13 bits per heavy atom. The van der Waals surface area contributed by atoms with Gasteiger partial charge in [-0.15, -0.1) is 0 Å². The van der Waals surface area contributed by atoms with Crippen molar-refractivity contribution in [1.82, 2.24) is 4.72 Å². The number of esters is 1. The molecule has 0 saturated carbocycles. The van der Waals surface area contributed by atoms with Gasteiger partial charge in [-0.1, -0.05) is 11.6 Å². The van der Waals surface area contributed by atoms with E-state index in [1.165, 1.54) is 13.8 Å². The Balaban J connectivity index is 1.82. The van der Waals surface area contributed by atoms with E-state index in [0.717, 1.165) is 18.2 Å². The van der Waals surface area contributed by atoms with Crippen LogP contribution in [0.4, 0.5) is 10.1 Å². The van der Waals surface area contributed by atoms with E-state index in [9.17, 15) is 27.2 Å². The maximum absolute atomic E-state index is 13.2. The Kier molecular flexibility index (Phi) is 8.26. The Morgan fingerprint density at radius 3 is 2.35 bits per heavy atom. The third kappa shape index (κ3) is 7.12. The zero-order valence-corrected chi connectivity index (χ0v) is 18.2. The number of hydrogen-bond acceptors (Lipinski definition) is 6. The third-order valence-corrected chi connectivity index (χ3v) is 5.81. The summed E-state index contributed by atoms with van der Waals surface area (Å²) in [6, 6.07) is 9.09. The zero-order valence-electron chi connectivity index (χ0n) is 16.6. The van der Waals surface area contributed by atoms with E-state index >= 15 is 0 Å². The Labute approximate surface area is 183 Å². The molecular formula is C20H20ClFN2O6S. The first-order valence-electron chi connectivity index (χ1n) is 9.05. The third-order valence-electron chi connectivity index (χ3n) is 4.06. The van der Waals surface area contributed by atoms with Crippen molar-refractivity contribution in [1.29, 1.82) is 0 Å². The van der Waals surface area contributed by atoms with Gasteiger partial charge in [0.2, 0.25) is 10.0 Å². The summed E-state index contributed by atoms with van der Waals surface area (Å²) in [7, 11) is -4.00. The lowest BCUT2D eigenvalue weighted by Gasteiger charge is -2.14. The number of hydrogen-bond donors (Lipinski definition) is 2. The van der Waals surface area contributed by atoms with Gasteiger partial charge in [-0.05, 0) is 56.3 Å². The van der Waals surface area contributed by atoms with Crippen molar-refractivity contribution < 1.29 is 31.9 Å².